The molecule has 0 saturated carbocycles. The number of methoxy groups -OCH3 is 1. The Hall–Kier alpha value is -1.71. The molecule has 0 radical (unpaired) electrons. The summed E-state index contributed by atoms with van der Waals surface area (Å²) in [7, 11) is 3.49. The van der Waals surface area contributed by atoms with Crippen molar-refractivity contribution in [2.24, 2.45) is 4.99 Å². The SMILES string of the molecule is CN=C(NCCc1cc(C)ccc1OC)NC(C)C. The van der Waals surface area contributed by atoms with E-state index in [2.05, 4.69) is 48.5 Å². The maximum atomic E-state index is 5.38. The molecule has 2 N–H and O–H groups in total. The largest absolute Gasteiger partial charge is 0.496 e. The third kappa shape index (κ3) is 5.20. The van der Waals surface area contributed by atoms with Crippen LogP contribution in [-0.2, 0) is 6.42 Å². The zero-order valence-corrected chi connectivity index (χ0v) is 12.6. The molecule has 0 heterocycles. The van der Waals surface area contributed by atoms with Crippen LogP contribution in [0.3, 0.4) is 0 Å². The fraction of sp³-hybridized carbons (Fsp3) is 0.533. The molecule has 0 unspecified atom stereocenters. The summed E-state index contributed by atoms with van der Waals surface area (Å²) in [6, 6.07) is 6.62. The van der Waals surface area contributed by atoms with Gasteiger partial charge in [-0.05, 0) is 38.8 Å². The van der Waals surface area contributed by atoms with E-state index in [1.54, 1.807) is 14.2 Å². The van der Waals surface area contributed by atoms with E-state index < -0.39 is 0 Å². The molecule has 4 heteroatoms. The van der Waals surface area contributed by atoms with Gasteiger partial charge in [0.2, 0.25) is 0 Å². The Labute approximate surface area is 116 Å². The highest BCUT2D eigenvalue weighted by Crippen LogP contribution is 2.19. The van der Waals surface area contributed by atoms with E-state index >= 15 is 0 Å². The molecule has 0 bridgehead atoms. The summed E-state index contributed by atoms with van der Waals surface area (Å²) >= 11 is 0. The Morgan fingerprint density at radius 1 is 1.37 bits per heavy atom. The molecule has 0 aliphatic rings. The molecule has 1 aromatic carbocycles. The molecular weight excluding hydrogens is 238 g/mol. The van der Waals surface area contributed by atoms with Crippen LogP contribution in [0.25, 0.3) is 0 Å². The van der Waals surface area contributed by atoms with Crippen LogP contribution in [0.5, 0.6) is 5.75 Å². The van der Waals surface area contributed by atoms with Gasteiger partial charge in [0.05, 0.1) is 7.11 Å². The Balaban J connectivity index is 2.55. The minimum atomic E-state index is 0.375. The third-order valence-electron chi connectivity index (χ3n) is 2.77. The molecule has 4 nitrogen and oxygen atoms in total. The molecule has 0 atom stereocenters. The van der Waals surface area contributed by atoms with Crippen molar-refractivity contribution in [1.29, 1.82) is 0 Å². The van der Waals surface area contributed by atoms with Gasteiger partial charge in [0, 0.05) is 19.6 Å². The Bertz CT molecular complexity index is 427. The fourth-order valence-corrected chi connectivity index (χ4v) is 1.89. The molecule has 106 valence electrons. The van der Waals surface area contributed by atoms with Gasteiger partial charge in [-0.15, -0.1) is 0 Å². The van der Waals surface area contributed by atoms with Crippen LogP contribution in [0.15, 0.2) is 23.2 Å². The molecule has 19 heavy (non-hydrogen) atoms. The maximum Gasteiger partial charge on any atom is 0.191 e. The number of benzene rings is 1. The summed E-state index contributed by atoms with van der Waals surface area (Å²) in [5, 5.41) is 6.57. The summed E-state index contributed by atoms with van der Waals surface area (Å²) < 4.78 is 5.38. The number of hydrogen-bond donors (Lipinski definition) is 2. The molecule has 1 aromatic rings. The number of nitrogens with one attached hydrogen (secondary N) is 2. The molecule has 0 spiro atoms. The lowest BCUT2D eigenvalue weighted by molar-refractivity contribution is 0.409. The van der Waals surface area contributed by atoms with Gasteiger partial charge in [0.1, 0.15) is 5.75 Å². The summed E-state index contributed by atoms with van der Waals surface area (Å²) in [5.41, 5.74) is 2.47. The standard InChI is InChI=1S/C15H25N3O/c1-11(2)18-15(16-4)17-9-8-13-10-12(3)6-7-14(13)19-5/h6-7,10-11H,8-9H2,1-5H3,(H2,16,17,18). The number of aryl methyl sites for hydroxylation is 1. The Kier molecular flexibility index (Phi) is 6.19. The van der Waals surface area contributed by atoms with Crippen LogP contribution < -0.4 is 15.4 Å². The Morgan fingerprint density at radius 3 is 2.68 bits per heavy atom. The summed E-state index contributed by atoms with van der Waals surface area (Å²) in [6.45, 7) is 7.11. The molecule has 0 amide bonds. The first-order valence-electron chi connectivity index (χ1n) is 6.67. The van der Waals surface area contributed by atoms with E-state index in [1.807, 2.05) is 6.07 Å². The van der Waals surface area contributed by atoms with Gasteiger partial charge in [0.15, 0.2) is 5.96 Å². The van der Waals surface area contributed by atoms with E-state index in [-0.39, 0.29) is 0 Å². The lowest BCUT2D eigenvalue weighted by Gasteiger charge is -2.15. The number of guanidine groups is 1. The second-order valence-electron chi connectivity index (χ2n) is 4.86. The zero-order valence-electron chi connectivity index (χ0n) is 12.6. The van der Waals surface area contributed by atoms with E-state index in [0.717, 1.165) is 24.7 Å². The average Bonchev–Trinajstić information content (AvgIpc) is 2.37. The summed E-state index contributed by atoms with van der Waals surface area (Å²) in [5.74, 6) is 1.78. The van der Waals surface area contributed by atoms with Crippen LogP contribution in [0.1, 0.15) is 25.0 Å². The second kappa shape index (κ2) is 7.67. The van der Waals surface area contributed by atoms with Crippen molar-refractivity contribution in [2.45, 2.75) is 33.2 Å². The minimum absolute atomic E-state index is 0.375. The van der Waals surface area contributed by atoms with Crippen molar-refractivity contribution >= 4 is 5.96 Å². The molecule has 0 aliphatic carbocycles. The van der Waals surface area contributed by atoms with Crippen LogP contribution in [0, 0.1) is 6.92 Å². The number of ether oxygens (including phenoxy) is 1. The highest BCUT2D eigenvalue weighted by Gasteiger charge is 2.04. The predicted octanol–water partition coefficient (Wildman–Crippen LogP) is 2.12. The van der Waals surface area contributed by atoms with E-state index in [1.165, 1.54) is 11.1 Å². The topological polar surface area (TPSA) is 45.7 Å². The van der Waals surface area contributed by atoms with Gasteiger partial charge in [-0.3, -0.25) is 4.99 Å². The molecular formula is C15H25N3O. The van der Waals surface area contributed by atoms with Crippen molar-refractivity contribution in [3.63, 3.8) is 0 Å². The first-order valence-corrected chi connectivity index (χ1v) is 6.67. The zero-order chi connectivity index (χ0) is 14.3. The Morgan fingerprint density at radius 2 is 2.11 bits per heavy atom. The van der Waals surface area contributed by atoms with Crippen molar-refractivity contribution in [2.75, 3.05) is 20.7 Å². The predicted molar refractivity (Wildman–Crippen MR) is 81.1 cm³/mol. The number of nitrogens with zero attached hydrogens (tertiary/aromatic N) is 1. The lowest BCUT2D eigenvalue weighted by Crippen LogP contribution is -2.41. The molecule has 1 rings (SSSR count). The first kappa shape index (κ1) is 15.3. The third-order valence-corrected chi connectivity index (χ3v) is 2.77. The smallest absolute Gasteiger partial charge is 0.191 e. The highest BCUT2D eigenvalue weighted by molar-refractivity contribution is 5.79. The summed E-state index contributed by atoms with van der Waals surface area (Å²) in [4.78, 5) is 4.18. The van der Waals surface area contributed by atoms with Gasteiger partial charge in [-0.25, -0.2) is 0 Å². The lowest BCUT2D eigenvalue weighted by atomic mass is 10.1. The van der Waals surface area contributed by atoms with Gasteiger partial charge in [-0.1, -0.05) is 17.7 Å². The van der Waals surface area contributed by atoms with Gasteiger partial charge in [-0.2, -0.15) is 0 Å². The van der Waals surface area contributed by atoms with Crippen molar-refractivity contribution in [3.8, 4) is 5.75 Å². The minimum Gasteiger partial charge on any atom is -0.496 e. The van der Waals surface area contributed by atoms with E-state index in [0.29, 0.717) is 6.04 Å². The van der Waals surface area contributed by atoms with Crippen LogP contribution in [0.2, 0.25) is 0 Å². The van der Waals surface area contributed by atoms with Gasteiger partial charge >= 0.3 is 0 Å². The van der Waals surface area contributed by atoms with E-state index in [4.69, 9.17) is 4.74 Å². The van der Waals surface area contributed by atoms with Crippen LogP contribution >= 0.6 is 0 Å². The van der Waals surface area contributed by atoms with Crippen LogP contribution in [-0.4, -0.2) is 32.7 Å². The van der Waals surface area contributed by atoms with Crippen molar-refractivity contribution in [3.05, 3.63) is 29.3 Å². The monoisotopic (exact) mass is 263 g/mol. The van der Waals surface area contributed by atoms with Gasteiger partial charge in [0.25, 0.3) is 0 Å². The maximum absolute atomic E-state index is 5.38. The average molecular weight is 263 g/mol. The van der Waals surface area contributed by atoms with Crippen molar-refractivity contribution in [1.82, 2.24) is 10.6 Å². The molecule has 0 fully saturated rings. The molecule has 0 saturated heterocycles. The van der Waals surface area contributed by atoms with Gasteiger partial charge < -0.3 is 15.4 Å². The fourth-order valence-electron chi connectivity index (χ4n) is 1.89. The number of hydrogen-bond acceptors (Lipinski definition) is 2. The highest BCUT2D eigenvalue weighted by atomic mass is 16.5. The first-order chi connectivity index (χ1) is 9.06. The quantitative estimate of drug-likeness (QED) is 0.632. The second-order valence-corrected chi connectivity index (χ2v) is 4.86. The molecule has 0 aliphatic heterocycles. The molecule has 0 aromatic heterocycles. The number of rotatable bonds is 5. The van der Waals surface area contributed by atoms with Crippen LogP contribution in [0.4, 0.5) is 0 Å². The van der Waals surface area contributed by atoms with Crippen molar-refractivity contribution < 1.29 is 4.74 Å². The number of aliphatic imine (C=N–C) groups is 1. The summed E-state index contributed by atoms with van der Waals surface area (Å²) in [6.07, 6.45) is 0.906. The van der Waals surface area contributed by atoms with E-state index in [9.17, 15) is 0 Å². The normalized spacial score (nSPS) is 11.6.